The SMILES string of the molecule is COc1cc(C(=O)N(C)CC(CCN2CCCN(c3nc4ccccc4n3Cc3ccc(CO)o3)CC2)c2cccc(Cl)c2)cc(OC)c1OC. The Bertz CT molecular complexity index is 1920. The monoisotopic (exact) mass is 715 g/mol. The standard InChI is InChI=1S/C39H46ClN5O6/c1-42(38(47)29-22-35(48-2)37(50-4)36(23-29)49-3)24-28(27-9-7-10-30(40)21-27)15-18-43-16-8-17-44(20-19-43)39-41-33-11-5-6-12-34(33)45(39)25-31-13-14-32(26-46)51-31/h5-7,9-14,21-23,28,46H,8,15-20,24-26H2,1-4H3. The lowest BCUT2D eigenvalue weighted by Gasteiger charge is -2.28. The molecule has 6 rings (SSSR count). The van der Waals surface area contributed by atoms with Crippen molar-refractivity contribution in [2.24, 2.45) is 0 Å². The van der Waals surface area contributed by atoms with Gasteiger partial charge in [0.15, 0.2) is 11.5 Å². The van der Waals surface area contributed by atoms with E-state index in [1.807, 2.05) is 55.6 Å². The van der Waals surface area contributed by atoms with E-state index in [4.69, 9.17) is 35.2 Å². The summed E-state index contributed by atoms with van der Waals surface area (Å²) < 4.78 is 24.5. The van der Waals surface area contributed by atoms with Crippen LogP contribution in [0.2, 0.25) is 5.02 Å². The molecule has 11 nitrogen and oxygen atoms in total. The maximum absolute atomic E-state index is 13.8. The molecular weight excluding hydrogens is 670 g/mol. The zero-order valence-corrected chi connectivity index (χ0v) is 30.4. The summed E-state index contributed by atoms with van der Waals surface area (Å²) in [5.74, 6) is 3.47. The Morgan fingerprint density at radius 3 is 2.41 bits per heavy atom. The molecule has 1 amide bonds. The Labute approximate surface area is 303 Å². The molecule has 0 saturated carbocycles. The van der Waals surface area contributed by atoms with Gasteiger partial charge in [-0.15, -0.1) is 0 Å². The molecule has 0 aliphatic carbocycles. The minimum atomic E-state index is -0.142. The van der Waals surface area contributed by atoms with Gasteiger partial charge < -0.3 is 43.0 Å². The second kappa shape index (κ2) is 16.5. The Kier molecular flexibility index (Phi) is 11.7. The fourth-order valence-electron chi connectivity index (χ4n) is 6.90. The molecule has 2 aromatic heterocycles. The molecule has 0 radical (unpaired) electrons. The van der Waals surface area contributed by atoms with Crippen LogP contribution in [0.15, 0.2) is 77.2 Å². The van der Waals surface area contributed by atoms with Gasteiger partial charge in [-0.2, -0.15) is 0 Å². The van der Waals surface area contributed by atoms with Gasteiger partial charge >= 0.3 is 0 Å². The predicted molar refractivity (Wildman–Crippen MR) is 199 cm³/mol. The number of amides is 1. The number of halogens is 1. The molecule has 0 spiro atoms. The van der Waals surface area contributed by atoms with Crippen LogP contribution in [-0.4, -0.2) is 98.0 Å². The van der Waals surface area contributed by atoms with Crippen molar-refractivity contribution in [1.82, 2.24) is 19.4 Å². The Balaban J connectivity index is 1.16. The van der Waals surface area contributed by atoms with E-state index >= 15 is 0 Å². The third-order valence-electron chi connectivity index (χ3n) is 9.56. The first kappa shape index (κ1) is 36.1. The number of rotatable bonds is 14. The normalized spacial score (nSPS) is 14.4. The number of likely N-dealkylation sites (N-methyl/N-ethyl adjacent to an activating group) is 1. The summed E-state index contributed by atoms with van der Waals surface area (Å²) in [4.78, 5) is 25.5. The number of fused-ring (bicyclic) bond motifs is 1. The van der Waals surface area contributed by atoms with Gasteiger partial charge in [0.25, 0.3) is 5.91 Å². The van der Waals surface area contributed by atoms with Crippen LogP contribution in [0.5, 0.6) is 17.2 Å². The van der Waals surface area contributed by atoms with Crippen LogP contribution < -0.4 is 19.1 Å². The number of nitrogens with zero attached hydrogens (tertiary/aromatic N) is 5. The number of para-hydroxylation sites is 2. The van der Waals surface area contributed by atoms with Crippen LogP contribution >= 0.6 is 11.6 Å². The highest BCUT2D eigenvalue weighted by atomic mass is 35.5. The number of carbonyl (C=O) groups is 1. The second-order valence-corrected chi connectivity index (χ2v) is 13.3. The average Bonchev–Trinajstić information content (AvgIpc) is 3.69. The summed E-state index contributed by atoms with van der Waals surface area (Å²) >= 11 is 6.46. The number of benzene rings is 3. The maximum atomic E-state index is 13.8. The molecule has 1 aliphatic rings. The van der Waals surface area contributed by atoms with Crippen LogP contribution in [-0.2, 0) is 13.2 Å². The molecule has 1 atom stereocenters. The molecule has 5 aromatic rings. The van der Waals surface area contributed by atoms with Crippen molar-refractivity contribution in [2.75, 3.05) is 72.5 Å². The second-order valence-electron chi connectivity index (χ2n) is 12.8. The number of carbonyl (C=O) groups excluding carboxylic acids is 1. The number of methoxy groups -OCH3 is 3. The average molecular weight is 716 g/mol. The largest absolute Gasteiger partial charge is 0.493 e. The van der Waals surface area contributed by atoms with Crippen molar-refractivity contribution < 1.29 is 28.5 Å². The lowest BCUT2D eigenvalue weighted by Crippen LogP contribution is -2.35. The molecule has 1 aliphatic heterocycles. The van der Waals surface area contributed by atoms with Gasteiger partial charge in [0.1, 0.15) is 18.1 Å². The fourth-order valence-corrected chi connectivity index (χ4v) is 7.10. The van der Waals surface area contributed by atoms with E-state index < -0.39 is 0 Å². The van der Waals surface area contributed by atoms with Crippen LogP contribution in [0, 0.1) is 0 Å². The molecule has 1 saturated heterocycles. The third kappa shape index (κ3) is 8.27. The van der Waals surface area contributed by atoms with E-state index in [9.17, 15) is 9.90 Å². The lowest BCUT2D eigenvalue weighted by molar-refractivity contribution is 0.0782. The number of anilines is 1. The van der Waals surface area contributed by atoms with E-state index in [1.165, 1.54) is 14.2 Å². The molecule has 1 N–H and O–H groups in total. The molecule has 0 bridgehead atoms. The number of imidazole rings is 1. The highest BCUT2D eigenvalue weighted by molar-refractivity contribution is 6.30. The number of furan rings is 1. The molecule has 12 heteroatoms. The number of ether oxygens (including phenoxy) is 3. The number of aliphatic hydroxyl groups excluding tert-OH is 1. The van der Waals surface area contributed by atoms with E-state index in [0.717, 1.165) is 73.9 Å². The summed E-state index contributed by atoms with van der Waals surface area (Å²) in [6, 6.07) is 23.2. The van der Waals surface area contributed by atoms with Crippen molar-refractivity contribution in [3.63, 3.8) is 0 Å². The molecule has 1 fully saturated rings. The van der Waals surface area contributed by atoms with Gasteiger partial charge in [-0.1, -0.05) is 35.9 Å². The summed E-state index contributed by atoms with van der Waals surface area (Å²) in [6.07, 6.45) is 1.83. The smallest absolute Gasteiger partial charge is 0.253 e. The molecular formula is C39H46ClN5O6. The molecule has 51 heavy (non-hydrogen) atoms. The topological polar surface area (TPSA) is 106 Å². The van der Waals surface area contributed by atoms with Gasteiger partial charge in [0.2, 0.25) is 11.7 Å². The van der Waals surface area contributed by atoms with Gasteiger partial charge in [0.05, 0.1) is 38.9 Å². The maximum Gasteiger partial charge on any atom is 0.253 e. The molecule has 270 valence electrons. The molecule has 1 unspecified atom stereocenters. The van der Waals surface area contributed by atoms with Crippen LogP contribution in [0.4, 0.5) is 5.95 Å². The van der Waals surface area contributed by atoms with Crippen molar-refractivity contribution in [3.8, 4) is 17.2 Å². The summed E-state index contributed by atoms with van der Waals surface area (Å²) in [5.41, 5.74) is 3.54. The summed E-state index contributed by atoms with van der Waals surface area (Å²) in [6.45, 7) is 5.30. The number of aliphatic hydroxyl groups is 1. The minimum Gasteiger partial charge on any atom is -0.493 e. The quantitative estimate of drug-likeness (QED) is 0.142. The lowest BCUT2D eigenvalue weighted by atomic mass is 9.94. The van der Waals surface area contributed by atoms with Crippen molar-refractivity contribution in [3.05, 3.63) is 100 Å². The first-order chi connectivity index (χ1) is 24.8. The Morgan fingerprint density at radius 1 is 0.941 bits per heavy atom. The zero-order valence-electron chi connectivity index (χ0n) is 29.7. The highest BCUT2D eigenvalue weighted by Crippen LogP contribution is 2.38. The molecule has 3 aromatic carbocycles. The molecule has 3 heterocycles. The van der Waals surface area contributed by atoms with Crippen LogP contribution in [0.25, 0.3) is 11.0 Å². The first-order valence-electron chi connectivity index (χ1n) is 17.2. The van der Waals surface area contributed by atoms with E-state index in [-0.39, 0.29) is 18.4 Å². The number of aromatic nitrogens is 2. The van der Waals surface area contributed by atoms with Crippen LogP contribution in [0.3, 0.4) is 0 Å². The number of hydrogen-bond acceptors (Lipinski definition) is 9. The van der Waals surface area contributed by atoms with Gasteiger partial charge in [-0.25, -0.2) is 4.98 Å². The first-order valence-corrected chi connectivity index (χ1v) is 17.6. The van der Waals surface area contributed by atoms with Gasteiger partial charge in [-0.3, -0.25) is 4.79 Å². The fraction of sp³-hybridized carbons (Fsp3) is 0.385. The van der Waals surface area contributed by atoms with Crippen molar-refractivity contribution in [1.29, 1.82) is 0 Å². The van der Waals surface area contributed by atoms with E-state index in [1.54, 1.807) is 24.1 Å². The number of hydrogen-bond donors (Lipinski definition) is 1. The van der Waals surface area contributed by atoms with Crippen molar-refractivity contribution >= 4 is 34.5 Å². The van der Waals surface area contributed by atoms with E-state index in [0.29, 0.717) is 46.7 Å². The third-order valence-corrected chi connectivity index (χ3v) is 9.79. The zero-order chi connectivity index (χ0) is 35.9. The van der Waals surface area contributed by atoms with Crippen LogP contribution in [0.1, 0.15) is 46.2 Å². The summed E-state index contributed by atoms with van der Waals surface area (Å²) in [7, 11) is 6.45. The van der Waals surface area contributed by atoms with Gasteiger partial charge in [0, 0.05) is 49.7 Å². The van der Waals surface area contributed by atoms with Crippen molar-refractivity contribution in [2.45, 2.75) is 31.9 Å². The van der Waals surface area contributed by atoms with E-state index in [2.05, 4.69) is 26.5 Å². The predicted octanol–water partition coefficient (Wildman–Crippen LogP) is 6.31. The summed E-state index contributed by atoms with van der Waals surface area (Å²) in [5, 5.41) is 10.2. The Hall–Kier alpha value is -4.71. The minimum absolute atomic E-state index is 0.0559. The van der Waals surface area contributed by atoms with Gasteiger partial charge in [-0.05, 0) is 80.0 Å². The highest BCUT2D eigenvalue weighted by Gasteiger charge is 2.25. The Morgan fingerprint density at radius 2 is 1.71 bits per heavy atom.